The molecule has 0 radical (unpaired) electrons. The SMILES string of the molecule is Cc1ccc(O)c(NC(=O)Cc2cccc(C[C@@H](C)NC[C@H](O)c3ccc(N)nc3)c2)c1. The number of phenolic OH excluding ortho intramolecular Hbond substituents is 1. The number of aliphatic hydroxyl groups is 1. The van der Waals surface area contributed by atoms with Crippen molar-refractivity contribution < 1.29 is 15.0 Å². The predicted molar refractivity (Wildman–Crippen MR) is 126 cm³/mol. The number of nitrogens with two attached hydrogens (primary N) is 1. The van der Waals surface area contributed by atoms with E-state index in [2.05, 4.69) is 15.6 Å². The van der Waals surface area contributed by atoms with E-state index in [1.807, 2.05) is 38.1 Å². The molecule has 0 spiro atoms. The lowest BCUT2D eigenvalue weighted by atomic mass is 10.0. The molecule has 6 N–H and O–H groups in total. The first-order chi connectivity index (χ1) is 15.3. The minimum Gasteiger partial charge on any atom is -0.506 e. The minimum absolute atomic E-state index is 0.0505. The maximum absolute atomic E-state index is 12.4. The molecule has 32 heavy (non-hydrogen) atoms. The molecule has 1 aromatic heterocycles. The van der Waals surface area contributed by atoms with Gasteiger partial charge in [0.1, 0.15) is 11.6 Å². The second kappa shape index (κ2) is 10.7. The number of nitrogens with one attached hydrogen (secondary N) is 2. The van der Waals surface area contributed by atoms with Gasteiger partial charge in [0.05, 0.1) is 18.2 Å². The van der Waals surface area contributed by atoms with Gasteiger partial charge in [-0.05, 0) is 55.2 Å². The first kappa shape index (κ1) is 23.2. The Kier molecular flexibility index (Phi) is 7.81. The van der Waals surface area contributed by atoms with Gasteiger partial charge < -0.3 is 26.6 Å². The molecular weight excluding hydrogens is 404 g/mol. The highest BCUT2D eigenvalue weighted by Gasteiger charge is 2.12. The number of aryl methyl sites for hydroxylation is 1. The van der Waals surface area contributed by atoms with Gasteiger partial charge in [-0.3, -0.25) is 4.79 Å². The average molecular weight is 435 g/mol. The molecule has 0 aliphatic heterocycles. The number of carbonyl (C=O) groups excluding carboxylic acids is 1. The second-order valence-electron chi connectivity index (χ2n) is 8.11. The highest BCUT2D eigenvalue weighted by atomic mass is 16.3. The van der Waals surface area contributed by atoms with Crippen LogP contribution in [0, 0.1) is 6.92 Å². The molecule has 0 aliphatic carbocycles. The number of carbonyl (C=O) groups is 1. The van der Waals surface area contributed by atoms with Crippen LogP contribution >= 0.6 is 0 Å². The van der Waals surface area contributed by atoms with Gasteiger partial charge in [0.25, 0.3) is 0 Å². The number of aromatic nitrogens is 1. The van der Waals surface area contributed by atoms with Gasteiger partial charge in [-0.2, -0.15) is 0 Å². The molecule has 0 saturated heterocycles. The zero-order valence-corrected chi connectivity index (χ0v) is 18.4. The average Bonchev–Trinajstić information content (AvgIpc) is 2.75. The van der Waals surface area contributed by atoms with Crippen LogP contribution in [0.25, 0.3) is 0 Å². The van der Waals surface area contributed by atoms with Gasteiger partial charge in [-0.25, -0.2) is 4.98 Å². The summed E-state index contributed by atoms with van der Waals surface area (Å²) in [5.74, 6) is 0.288. The van der Waals surface area contributed by atoms with Gasteiger partial charge in [-0.15, -0.1) is 0 Å². The van der Waals surface area contributed by atoms with E-state index in [-0.39, 0.29) is 24.1 Å². The van der Waals surface area contributed by atoms with Crippen LogP contribution in [0.2, 0.25) is 0 Å². The molecular formula is C25H30N4O3. The van der Waals surface area contributed by atoms with Crippen molar-refractivity contribution in [2.24, 2.45) is 0 Å². The molecule has 1 heterocycles. The summed E-state index contributed by atoms with van der Waals surface area (Å²) in [5, 5.41) is 26.3. The van der Waals surface area contributed by atoms with Crippen molar-refractivity contribution >= 4 is 17.4 Å². The number of nitrogens with zero attached hydrogens (tertiary/aromatic N) is 1. The third kappa shape index (κ3) is 6.80. The summed E-state index contributed by atoms with van der Waals surface area (Å²) in [6.07, 6.45) is 1.88. The molecule has 0 saturated carbocycles. The van der Waals surface area contributed by atoms with E-state index in [9.17, 15) is 15.0 Å². The van der Waals surface area contributed by atoms with Gasteiger partial charge in [0, 0.05) is 24.3 Å². The van der Waals surface area contributed by atoms with Crippen molar-refractivity contribution in [1.82, 2.24) is 10.3 Å². The molecule has 7 nitrogen and oxygen atoms in total. The molecule has 168 valence electrons. The van der Waals surface area contributed by atoms with Crippen LogP contribution in [-0.2, 0) is 17.6 Å². The van der Waals surface area contributed by atoms with E-state index in [0.29, 0.717) is 23.6 Å². The molecule has 0 aliphatic rings. The van der Waals surface area contributed by atoms with Crippen molar-refractivity contribution in [3.63, 3.8) is 0 Å². The number of phenols is 1. The summed E-state index contributed by atoms with van der Waals surface area (Å²) in [4.78, 5) is 16.4. The fourth-order valence-corrected chi connectivity index (χ4v) is 3.47. The molecule has 3 aromatic rings. The van der Waals surface area contributed by atoms with Crippen molar-refractivity contribution in [2.75, 3.05) is 17.6 Å². The normalized spacial score (nSPS) is 12.8. The van der Waals surface area contributed by atoms with Gasteiger partial charge in [0.2, 0.25) is 5.91 Å². The van der Waals surface area contributed by atoms with Crippen LogP contribution in [0.4, 0.5) is 11.5 Å². The predicted octanol–water partition coefficient (Wildman–Crippen LogP) is 3.11. The lowest BCUT2D eigenvalue weighted by Gasteiger charge is -2.18. The number of amides is 1. The van der Waals surface area contributed by atoms with Crippen LogP contribution in [0.1, 0.15) is 35.3 Å². The van der Waals surface area contributed by atoms with Crippen LogP contribution < -0.4 is 16.4 Å². The Morgan fingerprint density at radius 3 is 2.66 bits per heavy atom. The standard InChI is InChI=1S/C25H30N4O3/c1-16-6-8-22(30)21(10-16)29-25(32)13-19-5-3-4-18(12-19)11-17(2)27-15-23(31)20-7-9-24(26)28-14-20/h3-10,12,14,17,23,27,30-31H,11,13,15H2,1-2H3,(H2,26,28)(H,29,32)/t17-,23+/m1/s1. The highest BCUT2D eigenvalue weighted by Crippen LogP contribution is 2.24. The van der Waals surface area contributed by atoms with Crippen LogP contribution in [0.5, 0.6) is 5.75 Å². The molecule has 0 fully saturated rings. The Balaban J connectivity index is 1.52. The lowest BCUT2D eigenvalue weighted by Crippen LogP contribution is -2.32. The monoisotopic (exact) mass is 434 g/mol. The zero-order chi connectivity index (χ0) is 23.1. The molecule has 2 atom stereocenters. The number of pyridine rings is 1. The summed E-state index contributed by atoms with van der Waals surface area (Å²) >= 11 is 0. The minimum atomic E-state index is -0.668. The number of nitrogen functional groups attached to an aromatic ring is 1. The second-order valence-corrected chi connectivity index (χ2v) is 8.11. The summed E-state index contributed by atoms with van der Waals surface area (Å²) < 4.78 is 0. The Morgan fingerprint density at radius 1 is 1.12 bits per heavy atom. The van der Waals surface area contributed by atoms with Crippen LogP contribution in [0.3, 0.4) is 0 Å². The number of hydrogen-bond donors (Lipinski definition) is 5. The highest BCUT2D eigenvalue weighted by molar-refractivity contribution is 5.93. The molecule has 0 unspecified atom stereocenters. The van der Waals surface area contributed by atoms with E-state index in [1.54, 1.807) is 36.5 Å². The van der Waals surface area contributed by atoms with Gasteiger partial charge in [-0.1, -0.05) is 36.4 Å². The van der Waals surface area contributed by atoms with E-state index in [0.717, 1.165) is 23.1 Å². The summed E-state index contributed by atoms with van der Waals surface area (Å²) in [5.41, 5.74) is 9.66. The zero-order valence-electron chi connectivity index (χ0n) is 18.4. The fourth-order valence-electron chi connectivity index (χ4n) is 3.47. The third-order valence-electron chi connectivity index (χ3n) is 5.18. The lowest BCUT2D eigenvalue weighted by molar-refractivity contribution is -0.115. The number of anilines is 2. The molecule has 0 bridgehead atoms. The largest absolute Gasteiger partial charge is 0.506 e. The van der Waals surface area contributed by atoms with Crippen molar-refractivity contribution in [2.45, 2.75) is 38.8 Å². The van der Waals surface area contributed by atoms with Crippen LogP contribution in [-0.4, -0.2) is 33.7 Å². The molecule has 7 heteroatoms. The first-order valence-electron chi connectivity index (χ1n) is 10.6. The molecule has 2 aromatic carbocycles. The smallest absolute Gasteiger partial charge is 0.228 e. The van der Waals surface area contributed by atoms with Crippen molar-refractivity contribution in [3.05, 3.63) is 83.0 Å². The molecule has 1 amide bonds. The Bertz CT molecular complexity index is 1050. The summed E-state index contributed by atoms with van der Waals surface area (Å²) in [6.45, 7) is 4.35. The van der Waals surface area contributed by atoms with Crippen LogP contribution in [0.15, 0.2) is 60.8 Å². The number of rotatable bonds is 9. The van der Waals surface area contributed by atoms with E-state index < -0.39 is 6.10 Å². The Labute approximate surface area is 188 Å². The quantitative estimate of drug-likeness (QED) is 0.330. The Hall–Kier alpha value is -3.42. The third-order valence-corrected chi connectivity index (χ3v) is 5.18. The van der Waals surface area contributed by atoms with Crippen molar-refractivity contribution in [3.8, 4) is 5.75 Å². The van der Waals surface area contributed by atoms with Crippen molar-refractivity contribution in [1.29, 1.82) is 0 Å². The maximum atomic E-state index is 12.4. The topological polar surface area (TPSA) is 120 Å². The number of hydrogen-bond acceptors (Lipinski definition) is 6. The number of aliphatic hydroxyl groups excluding tert-OH is 1. The molecule has 3 rings (SSSR count). The summed E-state index contributed by atoms with van der Waals surface area (Å²) in [6, 6.07) is 16.5. The van der Waals surface area contributed by atoms with Gasteiger partial charge in [0.15, 0.2) is 0 Å². The first-order valence-corrected chi connectivity index (χ1v) is 10.6. The maximum Gasteiger partial charge on any atom is 0.228 e. The summed E-state index contributed by atoms with van der Waals surface area (Å²) in [7, 11) is 0. The Morgan fingerprint density at radius 2 is 1.91 bits per heavy atom. The van der Waals surface area contributed by atoms with Gasteiger partial charge >= 0.3 is 0 Å². The number of benzene rings is 2. The number of aromatic hydroxyl groups is 1. The van der Waals surface area contributed by atoms with E-state index >= 15 is 0 Å². The van der Waals surface area contributed by atoms with E-state index in [4.69, 9.17) is 5.73 Å². The van der Waals surface area contributed by atoms with E-state index in [1.165, 1.54) is 0 Å². The fraction of sp³-hybridized carbons (Fsp3) is 0.280.